The maximum absolute atomic E-state index is 4.66. The van der Waals surface area contributed by atoms with Crippen LogP contribution in [-0.2, 0) is 0 Å². The van der Waals surface area contributed by atoms with Crippen LogP contribution in [0.25, 0.3) is 22.4 Å². The van der Waals surface area contributed by atoms with Crippen LogP contribution in [0.1, 0.15) is 24.6 Å². The van der Waals surface area contributed by atoms with Crippen molar-refractivity contribution in [3.05, 3.63) is 55.0 Å². The summed E-state index contributed by atoms with van der Waals surface area (Å²) < 4.78 is 0. The second-order valence-electron chi connectivity index (χ2n) is 6.63. The van der Waals surface area contributed by atoms with E-state index in [9.17, 15) is 0 Å². The lowest BCUT2D eigenvalue weighted by atomic mass is 9.97. The minimum absolute atomic E-state index is 0.356. The van der Waals surface area contributed by atoms with Crippen LogP contribution in [0.3, 0.4) is 0 Å². The third-order valence-corrected chi connectivity index (χ3v) is 4.99. The Hall–Kier alpha value is -3.22. The molecule has 5 rings (SSSR count). The van der Waals surface area contributed by atoms with Gasteiger partial charge in [0, 0.05) is 19.0 Å². The molecule has 0 spiro atoms. The van der Waals surface area contributed by atoms with Crippen molar-refractivity contribution in [3.63, 3.8) is 0 Å². The summed E-state index contributed by atoms with van der Waals surface area (Å²) in [4.78, 5) is 26.6. The lowest BCUT2D eigenvalue weighted by Gasteiger charge is -2.32. The van der Waals surface area contributed by atoms with Crippen LogP contribution < -0.4 is 4.90 Å². The zero-order valence-corrected chi connectivity index (χ0v) is 14.3. The molecule has 1 aliphatic heterocycles. The van der Waals surface area contributed by atoms with Gasteiger partial charge in [0.15, 0.2) is 11.5 Å². The quantitative estimate of drug-likeness (QED) is 0.596. The van der Waals surface area contributed by atoms with E-state index in [0.29, 0.717) is 11.6 Å². The lowest BCUT2D eigenvalue weighted by Crippen LogP contribution is -2.35. The Labute approximate surface area is 150 Å². The van der Waals surface area contributed by atoms with Crippen molar-refractivity contribution in [1.29, 1.82) is 0 Å². The van der Waals surface area contributed by atoms with Crippen LogP contribution in [0.4, 0.5) is 5.82 Å². The molecule has 0 aliphatic carbocycles. The molecule has 0 saturated carbocycles. The van der Waals surface area contributed by atoms with Gasteiger partial charge < -0.3 is 14.9 Å². The van der Waals surface area contributed by atoms with Gasteiger partial charge >= 0.3 is 0 Å². The van der Waals surface area contributed by atoms with Crippen LogP contribution in [0.2, 0.25) is 0 Å². The number of nitrogens with one attached hydrogen (secondary N) is 2. The van der Waals surface area contributed by atoms with Crippen LogP contribution in [0.5, 0.6) is 0 Å². The first-order chi connectivity index (χ1) is 12.9. The largest absolute Gasteiger partial charge is 0.354 e. The van der Waals surface area contributed by atoms with E-state index >= 15 is 0 Å². The normalized spacial score (nSPS) is 17.7. The Morgan fingerprint density at radius 1 is 1.04 bits per heavy atom. The molecule has 26 heavy (non-hydrogen) atoms. The topological polar surface area (TPSA) is 86.4 Å². The fraction of sp³-hybridized carbons (Fsp3) is 0.263. The first-order valence-corrected chi connectivity index (χ1v) is 8.88. The van der Waals surface area contributed by atoms with E-state index in [2.05, 4.69) is 46.9 Å². The van der Waals surface area contributed by atoms with Gasteiger partial charge in [0.25, 0.3) is 0 Å². The number of fused-ring (bicyclic) bond motifs is 1. The summed E-state index contributed by atoms with van der Waals surface area (Å²) in [7, 11) is 0. The number of aromatic nitrogens is 6. The summed E-state index contributed by atoms with van der Waals surface area (Å²) in [6.07, 6.45) is 7.41. The fourth-order valence-corrected chi connectivity index (χ4v) is 3.69. The monoisotopic (exact) mass is 345 g/mol. The first kappa shape index (κ1) is 15.1. The second kappa shape index (κ2) is 6.25. The lowest BCUT2D eigenvalue weighted by molar-refractivity contribution is 0.492. The zero-order chi connectivity index (χ0) is 17.3. The van der Waals surface area contributed by atoms with Crippen molar-refractivity contribution in [1.82, 2.24) is 29.9 Å². The van der Waals surface area contributed by atoms with E-state index in [1.165, 1.54) is 0 Å². The van der Waals surface area contributed by atoms with E-state index in [0.717, 1.165) is 54.3 Å². The standard InChI is InChI=1S/C19H19N7/c1-2-5-13(6-3-1)15-9-20-17(25-15)14-7-4-8-26(10-14)19-16-18(22-11-21-16)23-12-24-19/h1-3,5-6,9,11-12,14H,4,7-8,10H2,(H,20,25)(H,21,22,23,24). The molecule has 1 aliphatic rings. The zero-order valence-electron chi connectivity index (χ0n) is 14.3. The smallest absolute Gasteiger partial charge is 0.182 e. The van der Waals surface area contributed by atoms with Crippen LogP contribution in [0, 0.1) is 0 Å². The second-order valence-corrected chi connectivity index (χ2v) is 6.63. The molecule has 1 unspecified atom stereocenters. The van der Waals surface area contributed by atoms with Gasteiger partial charge in [-0.25, -0.2) is 19.9 Å². The number of hydrogen-bond acceptors (Lipinski definition) is 5. The summed E-state index contributed by atoms with van der Waals surface area (Å²) in [6.45, 7) is 1.86. The van der Waals surface area contributed by atoms with Gasteiger partial charge in [-0.2, -0.15) is 0 Å². The number of imidazole rings is 2. The predicted molar refractivity (Wildman–Crippen MR) is 99.9 cm³/mol. The van der Waals surface area contributed by atoms with Crippen LogP contribution in [-0.4, -0.2) is 43.0 Å². The third kappa shape index (κ3) is 2.61. The van der Waals surface area contributed by atoms with Crippen molar-refractivity contribution in [2.45, 2.75) is 18.8 Å². The van der Waals surface area contributed by atoms with Crippen LogP contribution in [0.15, 0.2) is 49.2 Å². The third-order valence-electron chi connectivity index (χ3n) is 4.99. The molecule has 1 atom stereocenters. The van der Waals surface area contributed by atoms with Gasteiger partial charge in [0.2, 0.25) is 0 Å². The summed E-state index contributed by atoms with van der Waals surface area (Å²) in [5.74, 6) is 2.32. The van der Waals surface area contributed by atoms with Crippen molar-refractivity contribution in [2.24, 2.45) is 0 Å². The number of nitrogens with zero attached hydrogens (tertiary/aromatic N) is 5. The molecule has 0 radical (unpaired) electrons. The molecular formula is C19H19N7. The SMILES string of the molecule is c1ccc(-c2cnc(C3CCCN(c4ncnc5nc[nH]c45)C3)[nH]2)cc1. The van der Waals surface area contributed by atoms with Gasteiger partial charge in [-0.1, -0.05) is 30.3 Å². The van der Waals surface area contributed by atoms with E-state index in [4.69, 9.17) is 0 Å². The summed E-state index contributed by atoms with van der Waals surface area (Å²) in [6, 6.07) is 10.3. The Bertz CT molecular complexity index is 1020. The summed E-state index contributed by atoms with van der Waals surface area (Å²) in [5.41, 5.74) is 3.84. The molecule has 0 amide bonds. The van der Waals surface area contributed by atoms with Gasteiger partial charge in [0.05, 0.1) is 18.2 Å². The number of aromatic amines is 2. The van der Waals surface area contributed by atoms with Crippen molar-refractivity contribution < 1.29 is 0 Å². The van der Waals surface area contributed by atoms with E-state index in [1.54, 1.807) is 12.7 Å². The molecule has 1 saturated heterocycles. The van der Waals surface area contributed by atoms with E-state index in [-0.39, 0.29) is 0 Å². The van der Waals surface area contributed by atoms with Crippen molar-refractivity contribution >= 4 is 17.0 Å². The maximum Gasteiger partial charge on any atom is 0.182 e. The van der Waals surface area contributed by atoms with E-state index < -0.39 is 0 Å². The Morgan fingerprint density at radius 3 is 2.88 bits per heavy atom. The molecule has 7 nitrogen and oxygen atoms in total. The molecule has 4 aromatic rings. The molecule has 3 aromatic heterocycles. The van der Waals surface area contributed by atoms with Crippen molar-refractivity contribution in [3.8, 4) is 11.3 Å². The highest BCUT2D eigenvalue weighted by Crippen LogP contribution is 2.30. The average Bonchev–Trinajstić information content (AvgIpc) is 3.38. The van der Waals surface area contributed by atoms with Crippen LogP contribution >= 0.6 is 0 Å². The minimum atomic E-state index is 0.356. The molecule has 0 bridgehead atoms. The Morgan fingerprint density at radius 2 is 1.96 bits per heavy atom. The highest BCUT2D eigenvalue weighted by molar-refractivity contribution is 5.82. The maximum atomic E-state index is 4.66. The number of hydrogen-bond donors (Lipinski definition) is 2. The minimum Gasteiger partial charge on any atom is -0.354 e. The number of benzene rings is 1. The molecule has 4 heterocycles. The van der Waals surface area contributed by atoms with Gasteiger partial charge in [-0.3, -0.25) is 0 Å². The molecule has 130 valence electrons. The molecule has 2 N–H and O–H groups in total. The Kier molecular flexibility index (Phi) is 3.62. The first-order valence-electron chi connectivity index (χ1n) is 8.88. The number of H-pyrrole nitrogens is 2. The molecule has 1 aromatic carbocycles. The number of piperidine rings is 1. The molecular weight excluding hydrogens is 326 g/mol. The van der Waals surface area contributed by atoms with Gasteiger partial charge in [0.1, 0.15) is 17.7 Å². The number of anilines is 1. The highest BCUT2D eigenvalue weighted by Gasteiger charge is 2.26. The average molecular weight is 345 g/mol. The van der Waals surface area contributed by atoms with Gasteiger partial charge in [-0.05, 0) is 18.4 Å². The number of rotatable bonds is 3. The predicted octanol–water partition coefficient (Wildman–Crippen LogP) is 3.13. The van der Waals surface area contributed by atoms with Crippen molar-refractivity contribution in [2.75, 3.05) is 18.0 Å². The highest BCUT2D eigenvalue weighted by atomic mass is 15.2. The molecule has 1 fully saturated rings. The fourth-order valence-electron chi connectivity index (χ4n) is 3.69. The summed E-state index contributed by atoms with van der Waals surface area (Å²) >= 11 is 0. The Balaban J connectivity index is 1.41. The summed E-state index contributed by atoms with van der Waals surface area (Å²) in [5, 5.41) is 0. The van der Waals surface area contributed by atoms with E-state index in [1.807, 2.05) is 24.4 Å². The molecule has 7 heteroatoms. The van der Waals surface area contributed by atoms with Gasteiger partial charge in [-0.15, -0.1) is 0 Å².